The molecule has 0 saturated carbocycles. The van der Waals surface area contributed by atoms with Gasteiger partial charge in [0.1, 0.15) is 0 Å². The zero-order chi connectivity index (χ0) is 27.4. The third-order valence-corrected chi connectivity index (χ3v) is 8.33. The fraction of sp³-hybridized carbons (Fsp3) is 0.129. The van der Waals surface area contributed by atoms with Crippen LogP contribution in [0.1, 0.15) is 11.1 Å². The van der Waals surface area contributed by atoms with E-state index in [4.69, 9.17) is 0 Å². The second-order valence-corrected chi connectivity index (χ2v) is 11.3. The van der Waals surface area contributed by atoms with Gasteiger partial charge in [0.15, 0.2) is 0 Å². The van der Waals surface area contributed by atoms with Crippen molar-refractivity contribution in [2.24, 2.45) is 0 Å². The maximum absolute atomic E-state index is 13.6. The molecule has 4 aromatic rings. The molecule has 8 heteroatoms. The molecular formula is C31H30N4O3S. The quantitative estimate of drug-likeness (QED) is 0.280. The second kappa shape index (κ2) is 11.1. The van der Waals surface area contributed by atoms with Gasteiger partial charge in [-0.3, -0.25) is 9.10 Å². The molecular weight excluding hydrogens is 508 g/mol. The summed E-state index contributed by atoms with van der Waals surface area (Å²) in [6.45, 7) is 0.859. The van der Waals surface area contributed by atoms with E-state index < -0.39 is 10.0 Å². The molecule has 1 aliphatic rings. The number of anilines is 3. The van der Waals surface area contributed by atoms with Crippen molar-refractivity contribution in [1.29, 1.82) is 0 Å². The summed E-state index contributed by atoms with van der Waals surface area (Å²) in [5.41, 5.74) is 4.98. The summed E-state index contributed by atoms with van der Waals surface area (Å²) >= 11 is 0. The van der Waals surface area contributed by atoms with Crippen LogP contribution in [0.25, 0.3) is 11.3 Å². The first-order valence-corrected chi connectivity index (χ1v) is 14.1. The highest BCUT2D eigenvalue weighted by Gasteiger charge is 2.28. The molecule has 0 unspecified atom stereocenters. The summed E-state index contributed by atoms with van der Waals surface area (Å²) in [4.78, 5) is 15.3. The van der Waals surface area contributed by atoms with Crippen LogP contribution in [0.3, 0.4) is 0 Å². The van der Waals surface area contributed by atoms with Crippen molar-refractivity contribution in [2.75, 3.05) is 42.1 Å². The second-order valence-electron chi connectivity index (χ2n) is 9.48. The average molecular weight is 539 g/mol. The minimum atomic E-state index is -3.76. The molecule has 0 fully saturated rings. The maximum atomic E-state index is 13.6. The molecule has 0 aromatic heterocycles. The van der Waals surface area contributed by atoms with Gasteiger partial charge in [-0.25, -0.2) is 8.42 Å². The SMILES string of the molecule is CN(C)CCN(c1ccc(NC(=C2C(=O)Nc3ccccc32)c2ccccc2)cc1)S(=O)(=O)c1ccccc1. The van der Waals surface area contributed by atoms with Crippen LogP contribution in [0.2, 0.25) is 0 Å². The van der Waals surface area contributed by atoms with Gasteiger partial charge < -0.3 is 15.5 Å². The Balaban J connectivity index is 1.52. The van der Waals surface area contributed by atoms with Crippen molar-refractivity contribution in [3.05, 3.63) is 120 Å². The van der Waals surface area contributed by atoms with E-state index in [2.05, 4.69) is 10.6 Å². The molecule has 1 heterocycles. The van der Waals surface area contributed by atoms with E-state index in [1.165, 1.54) is 4.31 Å². The van der Waals surface area contributed by atoms with Crippen LogP contribution in [-0.2, 0) is 14.8 Å². The number of carbonyl (C=O) groups is 1. The van der Waals surface area contributed by atoms with Gasteiger partial charge >= 0.3 is 0 Å². The maximum Gasteiger partial charge on any atom is 0.264 e. The molecule has 0 aliphatic carbocycles. The van der Waals surface area contributed by atoms with Crippen LogP contribution in [-0.4, -0.2) is 46.4 Å². The van der Waals surface area contributed by atoms with Crippen LogP contribution in [0, 0.1) is 0 Å². The van der Waals surface area contributed by atoms with Gasteiger partial charge in [-0.15, -0.1) is 0 Å². The lowest BCUT2D eigenvalue weighted by Gasteiger charge is -2.26. The number of sulfonamides is 1. The Morgan fingerprint density at radius 3 is 2.05 bits per heavy atom. The number of nitrogens with one attached hydrogen (secondary N) is 2. The van der Waals surface area contributed by atoms with E-state index in [0.29, 0.717) is 30.0 Å². The number of nitrogens with zero attached hydrogens (tertiary/aromatic N) is 2. The van der Waals surface area contributed by atoms with Crippen LogP contribution in [0.15, 0.2) is 114 Å². The van der Waals surface area contributed by atoms with Crippen molar-refractivity contribution >= 4 is 44.3 Å². The zero-order valence-electron chi connectivity index (χ0n) is 21.8. The van der Waals surface area contributed by atoms with Crippen LogP contribution < -0.4 is 14.9 Å². The number of rotatable bonds is 9. The predicted molar refractivity (Wildman–Crippen MR) is 158 cm³/mol. The third-order valence-electron chi connectivity index (χ3n) is 6.49. The molecule has 0 bridgehead atoms. The summed E-state index contributed by atoms with van der Waals surface area (Å²) in [6, 6.07) is 33.0. The van der Waals surface area contributed by atoms with E-state index in [1.54, 1.807) is 42.5 Å². The van der Waals surface area contributed by atoms with Crippen LogP contribution in [0.4, 0.5) is 17.1 Å². The minimum absolute atomic E-state index is 0.178. The van der Waals surface area contributed by atoms with Crippen molar-refractivity contribution in [3.63, 3.8) is 0 Å². The van der Waals surface area contributed by atoms with Crippen molar-refractivity contribution < 1.29 is 13.2 Å². The number of para-hydroxylation sites is 1. The molecule has 39 heavy (non-hydrogen) atoms. The van der Waals surface area contributed by atoms with Gasteiger partial charge in [-0.1, -0.05) is 66.7 Å². The number of hydrogen-bond donors (Lipinski definition) is 2. The van der Waals surface area contributed by atoms with Gasteiger partial charge in [0.2, 0.25) is 0 Å². The highest BCUT2D eigenvalue weighted by Crippen LogP contribution is 2.37. The van der Waals surface area contributed by atoms with Gasteiger partial charge in [0.05, 0.1) is 21.9 Å². The molecule has 1 amide bonds. The van der Waals surface area contributed by atoms with Gasteiger partial charge in [-0.2, -0.15) is 0 Å². The van der Waals surface area contributed by atoms with Crippen LogP contribution in [0.5, 0.6) is 0 Å². The number of benzene rings is 4. The topological polar surface area (TPSA) is 81.8 Å². The first-order chi connectivity index (χ1) is 18.8. The Morgan fingerprint density at radius 1 is 0.769 bits per heavy atom. The van der Waals surface area contributed by atoms with Gasteiger partial charge in [0, 0.05) is 30.0 Å². The first-order valence-electron chi connectivity index (χ1n) is 12.6. The largest absolute Gasteiger partial charge is 0.354 e. The Bertz CT molecular complexity index is 1600. The van der Waals surface area contributed by atoms with E-state index in [-0.39, 0.29) is 10.8 Å². The van der Waals surface area contributed by atoms with E-state index in [1.807, 2.05) is 85.7 Å². The summed E-state index contributed by atoms with van der Waals surface area (Å²) in [5, 5.41) is 6.39. The number of fused-ring (bicyclic) bond motifs is 1. The third kappa shape index (κ3) is 5.57. The highest BCUT2D eigenvalue weighted by atomic mass is 32.2. The fourth-order valence-corrected chi connectivity index (χ4v) is 5.98. The molecule has 2 N–H and O–H groups in total. The van der Waals surface area contributed by atoms with E-state index >= 15 is 0 Å². The summed E-state index contributed by atoms with van der Waals surface area (Å²) in [6.07, 6.45) is 0. The molecule has 5 rings (SSSR count). The summed E-state index contributed by atoms with van der Waals surface area (Å²) in [7, 11) is 0.0674. The number of likely N-dealkylation sites (N-methyl/N-ethyl adjacent to an activating group) is 1. The average Bonchev–Trinajstić information content (AvgIpc) is 3.28. The van der Waals surface area contributed by atoms with Crippen LogP contribution >= 0.6 is 0 Å². The molecule has 0 spiro atoms. The van der Waals surface area contributed by atoms with Crippen molar-refractivity contribution in [2.45, 2.75) is 4.90 Å². The smallest absolute Gasteiger partial charge is 0.264 e. The first kappa shape index (κ1) is 26.2. The minimum Gasteiger partial charge on any atom is -0.354 e. The normalized spacial score (nSPS) is 14.1. The molecule has 0 atom stereocenters. The highest BCUT2D eigenvalue weighted by molar-refractivity contribution is 7.92. The molecule has 0 saturated heterocycles. The predicted octanol–water partition coefficient (Wildman–Crippen LogP) is 5.38. The Hall–Kier alpha value is -4.40. The molecule has 7 nitrogen and oxygen atoms in total. The fourth-order valence-electron chi connectivity index (χ4n) is 4.50. The lowest BCUT2D eigenvalue weighted by Crippen LogP contribution is -2.36. The molecule has 198 valence electrons. The van der Waals surface area contributed by atoms with E-state index in [9.17, 15) is 13.2 Å². The number of amides is 1. The van der Waals surface area contributed by atoms with E-state index in [0.717, 1.165) is 22.5 Å². The zero-order valence-corrected chi connectivity index (χ0v) is 22.7. The lowest BCUT2D eigenvalue weighted by atomic mass is 10.00. The molecule has 1 aliphatic heterocycles. The van der Waals surface area contributed by atoms with Crippen molar-refractivity contribution in [3.8, 4) is 0 Å². The van der Waals surface area contributed by atoms with Crippen molar-refractivity contribution in [1.82, 2.24) is 4.90 Å². The monoisotopic (exact) mass is 538 g/mol. The lowest BCUT2D eigenvalue weighted by molar-refractivity contribution is -0.110. The summed E-state index contributed by atoms with van der Waals surface area (Å²) in [5.74, 6) is -0.178. The van der Waals surface area contributed by atoms with Gasteiger partial charge in [0.25, 0.3) is 15.9 Å². The Kier molecular flexibility index (Phi) is 7.49. The molecule has 0 radical (unpaired) electrons. The Labute approximate surface area is 229 Å². The summed E-state index contributed by atoms with van der Waals surface area (Å²) < 4.78 is 28.6. The molecule has 4 aromatic carbocycles. The number of carbonyl (C=O) groups excluding carboxylic acids is 1. The Morgan fingerprint density at radius 2 is 1.38 bits per heavy atom. The standard InChI is InChI=1S/C31H30N4O3S/c1-34(2)21-22-35(39(37,38)26-13-7-4-8-14-26)25-19-17-24(18-20-25)32-30(23-11-5-3-6-12-23)29-27-15-9-10-16-28(27)33-31(29)36/h3-20,32H,21-22H2,1-2H3,(H,33,36). The number of hydrogen-bond acceptors (Lipinski definition) is 5. The van der Waals surface area contributed by atoms with Gasteiger partial charge in [-0.05, 0) is 62.1 Å².